The van der Waals surface area contributed by atoms with Gasteiger partial charge in [-0.2, -0.15) is 0 Å². The summed E-state index contributed by atoms with van der Waals surface area (Å²) in [7, 11) is 0. The number of esters is 2. The average Bonchev–Trinajstić information content (AvgIpc) is 3.40. The summed E-state index contributed by atoms with van der Waals surface area (Å²) in [6.07, 6.45) is 7.00. The molecule has 0 bridgehead atoms. The van der Waals surface area contributed by atoms with E-state index < -0.39 is 17.6 Å². The van der Waals surface area contributed by atoms with Crippen LogP contribution in [0.1, 0.15) is 105 Å². The zero-order valence-electron chi connectivity index (χ0n) is 43.3. The summed E-state index contributed by atoms with van der Waals surface area (Å²) in [5, 5.41) is 7.06. The number of alkyl carbamates (subject to hydrolysis) is 1. The van der Waals surface area contributed by atoms with Crippen LogP contribution in [0.3, 0.4) is 0 Å². The number of hydrogen-bond acceptors (Lipinski definition) is 11. The molecule has 0 fully saturated rings. The van der Waals surface area contributed by atoms with Crippen LogP contribution in [-0.2, 0) is 49.9 Å². The highest BCUT2D eigenvalue weighted by molar-refractivity contribution is 6.40. The Kier molecular flexibility index (Phi) is 23.0. The summed E-state index contributed by atoms with van der Waals surface area (Å²) >= 11 is 9.53. The molecule has 0 aliphatic rings. The Morgan fingerprint density at radius 2 is 0.961 bits per heavy atom. The number of rotatable bonds is 17. The highest BCUT2D eigenvalue weighted by atomic mass is 35.5. The predicted octanol–water partition coefficient (Wildman–Crippen LogP) is 13.1. The van der Waals surface area contributed by atoms with E-state index >= 15 is 0 Å². The fraction of sp³-hybridized carbons (Fsp3) is 0.254. The van der Waals surface area contributed by atoms with Crippen molar-refractivity contribution in [3.8, 4) is 0 Å². The molecule has 1 amide bonds. The van der Waals surface area contributed by atoms with Crippen LogP contribution in [0.4, 0.5) is 4.79 Å². The second-order valence-corrected chi connectivity index (χ2v) is 19.8. The summed E-state index contributed by atoms with van der Waals surface area (Å²) in [4.78, 5) is 72.0. The third-order valence-corrected chi connectivity index (χ3v) is 12.3. The number of nitrogens with one attached hydrogen (secondary N) is 1. The van der Waals surface area contributed by atoms with Gasteiger partial charge in [-0.25, -0.2) is 14.4 Å². The van der Waals surface area contributed by atoms with Gasteiger partial charge >= 0.3 is 18.0 Å². The Hall–Kier alpha value is -7.77. The van der Waals surface area contributed by atoms with Crippen molar-refractivity contribution in [3.63, 3.8) is 0 Å². The van der Waals surface area contributed by atoms with Crippen molar-refractivity contribution in [2.24, 2.45) is 5.73 Å². The number of fused-ring (bicyclic) bond motifs is 2. The van der Waals surface area contributed by atoms with Gasteiger partial charge < -0.3 is 25.3 Å². The van der Waals surface area contributed by atoms with E-state index in [1.807, 2.05) is 147 Å². The Morgan fingerprint density at radius 3 is 1.38 bits per heavy atom. The number of alkyl halides is 2. The first-order chi connectivity index (χ1) is 36.5. The first-order valence-electron chi connectivity index (χ1n) is 24.7. The first-order valence-corrected chi connectivity index (χ1v) is 25.8. The second kappa shape index (κ2) is 29.5. The van der Waals surface area contributed by atoms with Gasteiger partial charge in [-0.3, -0.25) is 19.6 Å². The monoisotopic (exact) mass is 1080 g/mol. The van der Waals surface area contributed by atoms with Gasteiger partial charge in [0.25, 0.3) is 0 Å². The molecule has 0 radical (unpaired) electrons. The Labute approximate surface area is 461 Å². The number of carbonyl (C=O) groups excluding carboxylic acids is 5. The number of Topliss-reactive ketones (excluding diaryl/α,β-unsaturated/α-hetero) is 2. The van der Waals surface area contributed by atoms with Crippen molar-refractivity contribution in [1.82, 2.24) is 15.3 Å². The van der Waals surface area contributed by atoms with E-state index in [1.54, 1.807) is 57.6 Å². The largest absolute Gasteiger partial charge is 0.457 e. The first kappa shape index (κ1) is 60.1. The number of nitrogens with two attached hydrogens (primary N) is 1. The molecule has 2 unspecified atom stereocenters. The maximum absolute atomic E-state index is 13.6. The van der Waals surface area contributed by atoms with E-state index in [1.165, 1.54) is 0 Å². The van der Waals surface area contributed by atoms with E-state index in [-0.39, 0.29) is 74.9 Å². The standard InChI is InChI=1S/C33H34N2O5.C28H26N2O3.CH2Cl2.CH4/c1-22-7-5-6-8-28(22)31(37)39-21-23-9-12-25(13-10-23)29(20-35-32(38)40-33(2,3)4)30(36)18-24-11-14-27-19-34-16-15-26(27)17-24;1-19-4-2-3-5-25(19)28(32)33-18-20-6-9-22(10-7-20)26(16-29)27(31)15-21-8-11-24-17-30-13-12-23(24)14-21;2-1-3;/h5-17,19,29H,18,20-21H2,1-4H3,(H,35,38);2-14,17,26H,15-16,18,29H2,1H3;1H2;1H4. The van der Waals surface area contributed by atoms with Gasteiger partial charge in [0.05, 0.1) is 28.3 Å². The lowest BCUT2D eigenvalue weighted by molar-refractivity contribution is -0.120. The number of carbonyl (C=O) groups is 5. The SMILES string of the molecule is C.Cc1ccccc1C(=O)OCc1ccc(C(CN)C(=O)Cc2ccc3cnccc3c2)cc1.Cc1ccccc1C(=O)OCc1ccc(C(CNC(=O)OC(C)(C)C)C(=O)Cc2ccc3cnccc3c2)cc1.ClCCl. The summed E-state index contributed by atoms with van der Waals surface area (Å²) in [6, 6.07) is 45.1. The molecule has 0 saturated carbocycles. The van der Waals surface area contributed by atoms with E-state index in [4.69, 9.17) is 43.1 Å². The van der Waals surface area contributed by atoms with Crippen LogP contribution in [0.15, 0.2) is 170 Å². The number of aromatic nitrogens is 2. The number of pyridine rings is 2. The molecule has 0 saturated heterocycles. The molecule has 400 valence electrons. The van der Waals surface area contributed by atoms with Gasteiger partial charge in [-0.1, -0.05) is 129 Å². The highest BCUT2D eigenvalue weighted by Gasteiger charge is 2.25. The third-order valence-electron chi connectivity index (χ3n) is 12.3. The number of ketones is 2. The van der Waals surface area contributed by atoms with Gasteiger partial charge in [0, 0.05) is 61.5 Å². The van der Waals surface area contributed by atoms with Crippen molar-refractivity contribution in [2.45, 2.75) is 85.5 Å². The number of aryl methyl sites for hydroxylation is 2. The Bertz CT molecular complexity index is 3250. The molecule has 6 aromatic carbocycles. The molecule has 3 N–H and O–H groups in total. The molecule has 14 heteroatoms. The van der Waals surface area contributed by atoms with E-state index in [0.29, 0.717) is 17.5 Å². The fourth-order valence-corrected chi connectivity index (χ4v) is 8.25. The van der Waals surface area contributed by atoms with E-state index in [2.05, 4.69) is 15.3 Å². The Morgan fingerprint density at radius 1 is 0.558 bits per heavy atom. The van der Waals surface area contributed by atoms with Crippen molar-refractivity contribution in [2.75, 3.05) is 18.4 Å². The van der Waals surface area contributed by atoms with Crippen LogP contribution in [0.5, 0.6) is 0 Å². The highest BCUT2D eigenvalue weighted by Crippen LogP contribution is 2.25. The minimum atomic E-state index is -0.652. The smallest absolute Gasteiger partial charge is 0.407 e. The number of halogens is 2. The van der Waals surface area contributed by atoms with Gasteiger partial charge in [0.1, 0.15) is 30.4 Å². The maximum Gasteiger partial charge on any atom is 0.407 e. The predicted molar refractivity (Wildman–Crippen MR) is 306 cm³/mol. The van der Waals surface area contributed by atoms with Crippen molar-refractivity contribution in [3.05, 3.63) is 226 Å². The molecule has 0 aliphatic carbocycles. The summed E-state index contributed by atoms with van der Waals surface area (Å²) in [5.74, 6) is -1.68. The van der Waals surface area contributed by atoms with Crippen LogP contribution < -0.4 is 11.1 Å². The molecular weight excluding hydrogens is 1010 g/mol. The van der Waals surface area contributed by atoms with Crippen LogP contribution in [0.2, 0.25) is 0 Å². The van der Waals surface area contributed by atoms with Crippen molar-refractivity contribution < 1.29 is 38.2 Å². The maximum atomic E-state index is 13.6. The van der Waals surface area contributed by atoms with Crippen molar-refractivity contribution >= 4 is 74.3 Å². The van der Waals surface area contributed by atoms with Gasteiger partial charge in [0.15, 0.2) is 0 Å². The van der Waals surface area contributed by atoms with Gasteiger partial charge in [0.2, 0.25) is 0 Å². The molecule has 2 atom stereocenters. The molecule has 77 heavy (non-hydrogen) atoms. The number of ether oxygens (including phenoxy) is 3. The average molecular weight is 1080 g/mol. The van der Waals surface area contributed by atoms with Crippen LogP contribution in [0, 0.1) is 13.8 Å². The number of benzene rings is 6. The second-order valence-electron chi connectivity index (χ2n) is 19.0. The number of nitrogens with zero attached hydrogens (tertiary/aromatic N) is 2. The molecular formula is C63H66Cl2N4O8. The molecule has 0 spiro atoms. The van der Waals surface area contributed by atoms with Crippen molar-refractivity contribution in [1.29, 1.82) is 0 Å². The zero-order valence-corrected chi connectivity index (χ0v) is 44.8. The summed E-state index contributed by atoms with van der Waals surface area (Å²) in [5.41, 5.74) is 13.2. The minimum Gasteiger partial charge on any atom is -0.457 e. The normalized spacial score (nSPS) is 11.5. The Balaban J connectivity index is 0.000000271. The molecule has 2 aromatic heterocycles. The minimum absolute atomic E-state index is 0. The van der Waals surface area contributed by atoms with E-state index in [0.717, 1.165) is 66.1 Å². The lowest BCUT2D eigenvalue weighted by atomic mass is 9.90. The summed E-state index contributed by atoms with van der Waals surface area (Å²) in [6.45, 7) is 9.70. The summed E-state index contributed by atoms with van der Waals surface area (Å²) < 4.78 is 16.3. The quantitative estimate of drug-likeness (QED) is 0.0504. The molecule has 8 aromatic rings. The van der Waals surface area contributed by atoms with Gasteiger partial charge in [-0.05, 0) is 114 Å². The zero-order chi connectivity index (χ0) is 54.6. The van der Waals surface area contributed by atoms with E-state index in [9.17, 15) is 24.0 Å². The van der Waals surface area contributed by atoms with Crippen LogP contribution in [0.25, 0.3) is 21.5 Å². The lowest BCUT2D eigenvalue weighted by Gasteiger charge is -2.22. The number of amides is 1. The lowest BCUT2D eigenvalue weighted by Crippen LogP contribution is -2.36. The molecule has 12 nitrogen and oxygen atoms in total. The number of hydrogen-bond donors (Lipinski definition) is 2. The molecule has 8 rings (SSSR count). The topological polar surface area (TPSA) is 177 Å². The molecule has 2 heterocycles. The molecule has 0 aliphatic heterocycles. The third kappa shape index (κ3) is 18.2. The van der Waals surface area contributed by atoms with Crippen LogP contribution in [-0.4, -0.2) is 63.6 Å². The van der Waals surface area contributed by atoms with Crippen LogP contribution >= 0.6 is 23.2 Å². The fourth-order valence-electron chi connectivity index (χ4n) is 8.25. The van der Waals surface area contributed by atoms with Gasteiger partial charge in [-0.15, -0.1) is 23.2 Å².